The summed E-state index contributed by atoms with van der Waals surface area (Å²) in [6.07, 6.45) is 2.20. The molecule has 1 aliphatic heterocycles. The third kappa shape index (κ3) is 3.90. The maximum atomic E-state index is 11.1. The summed E-state index contributed by atoms with van der Waals surface area (Å²) in [5.74, 6) is 3.39. The minimum atomic E-state index is -0.483. The van der Waals surface area contributed by atoms with Gasteiger partial charge in [0.15, 0.2) is 11.5 Å². The molecule has 2 aromatic carbocycles. The predicted molar refractivity (Wildman–Crippen MR) is 127 cm³/mol. The largest absolute Gasteiger partial charge is 0.493 e. The highest BCUT2D eigenvalue weighted by atomic mass is 16.6. The van der Waals surface area contributed by atoms with E-state index in [1.54, 1.807) is 20.3 Å². The van der Waals surface area contributed by atoms with Crippen molar-refractivity contribution < 1.29 is 14.4 Å². The first-order valence-corrected chi connectivity index (χ1v) is 11.1. The van der Waals surface area contributed by atoms with Crippen molar-refractivity contribution in [1.82, 2.24) is 9.97 Å². The zero-order valence-electron chi connectivity index (χ0n) is 19.0. The first-order chi connectivity index (χ1) is 16.5. The maximum absolute atomic E-state index is 11.1. The zero-order valence-corrected chi connectivity index (χ0v) is 19.0. The van der Waals surface area contributed by atoms with Gasteiger partial charge in [-0.2, -0.15) is 5.26 Å². The van der Waals surface area contributed by atoms with Gasteiger partial charge in [0.1, 0.15) is 17.7 Å². The molecule has 2 fully saturated rings. The van der Waals surface area contributed by atoms with Crippen LogP contribution in [0.2, 0.25) is 0 Å². The molecule has 1 saturated carbocycles. The van der Waals surface area contributed by atoms with Gasteiger partial charge in [-0.05, 0) is 25.0 Å². The summed E-state index contributed by atoms with van der Waals surface area (Å²) in [4.78, 5) is 24.7. The second kappa shape index (κ2) is 8.67. The first kappa shape index (κ1) is 21.7. The topological polar surface area (TPSA) is 118 Å². The number of nitro groups is 1. The van der Waals surface area contributed by atoms with Crippen LogP contribution in [0, 0.1) is 21.4 Å². The molecule has 3 aromatic rings. The van der Waals surface area contributed by atoms with Crippen molar-refractivity contribution in [3.05, 3.63) is 51.8 Å². The Labute approximate surface area is 196 Å². The highest BCUT2D eigenvalue weighted by Gasteiger charge is 2.30. The molecule has 10 nitrogen and oxygen atoms in total. The molecule has 174 valence electrons. The van der Waals surface area contributed by atoms with Crippen LogP contribution >= 0.6 is 0 Å². The van der Waals surface area contributed by atoms with Gasteiger partial charge in [0, 0.05) is 55.7 Å². The first-order valence-electron chi connectivity index (χ1n) is 11.1. The molecule has 2 aliphatic rings. The quantitative estimate of drug-likeness (QED) is 0.401. The van der Waals surface area contributed by atoms with E-state index in [9.17, 15) is 15.4 Å². The molecule has 0 bridgehead atoms. The number of non-ortho nitro benzene ring substituents is 1. The van der Waals surface area contributed by atoms with Crippen LogP contribution in [0.5, 0.6) is 11.5 Å². The van der Waals surface area contributed by atoms with E-state index in [1.165, 1.54) is 12.1 Å². The minimum Gasteiger partial charge on any atom is -0.493 e. The Hall–Kier alpha value is -4.13. The summed E-state index contributed by atoms with van der Waals surface area (Å²) >= 11 is 0. The van der Waals surface area contributed by atoms with Crippen LogP contribution < -0.4 is 19.3 Å². The number of piperazine rings is 1. The van der Waals surface area contributed by atoms with Crippen molar-refractivity contribution in [2.24, 2.45) is 0 Å². The number of rotatable bonds is 6. The lowest BCUT2D eigenvalue weighted by atomic mass is 10.1. The van der Waals surface area contributed by atoms with Crippen LogP contribution in [-0.4, -0.2) is 55.3 Å². The Kier molecular flexibility index (Phi) is 5.53. The van der Waals surface area contributed by atoms with Crippen LogP contribution in [-0.2, 0) is 0 Å². The van der Waals surface area contributed by atoms with E-state index >= 15 is 0 Å². The average Bonchev–Trinajstić information content (AvgIpc) is 3.72. The zero-order chi connectivity index (χ0) is 23.8. The number of ether oxygens (including phenoxy) is 2. The molecule has 1 aliphatic carbocycles. The van der Waals surface area contributed by atoms with E-state index in [-0.39, 0.29) is 5.69 Å². The molecule has 10 heteroatoms. The van der Waals surface area contributed by atoms with Crippen molar-refractivity contribution in [2.75, 3.05) is 50.2 Å². The van der Waals surface area contributed by atoms with E-state index in [1.807, 2.05) is 12.1 Å². The fourth-order valence-electron chi connectivity index (χ4n) is 4.38. The van der Waals surface area contributed by atoms with Gasteiger partial charge in [-0.25, -0.2) is 9.97 Å². The number of hydrogen-bond acceptors (Lipinski definition) is 9. The number of anilines is 2. The molecular weight excluding hydrogens is 436 g/mol. The lowest BCUT2D eigenvalue weighted by Crippen LogP contribution is -2.47. The number of nitrogens with zero attached hydrogens (tertiary/aromatic N) is 6. The van der Waals surface area contributed by atoms with E-state index in [0.717, 1.165) is 35.4 Å². The Balaban J connectivity index is 1.46. The second-order valence-corrected chi connectivity index (χ2v) is 8.45. The van der Waals surface area contributed by atoms with E-state index in [4.69, 9.17) is 19.4 Å². The molecule has 34 heavy (non-hydrogen) atoms. The van der Waals surface area contributed by atoms with Crippen LogP contribution in [0.4, 0.5) is 17.2 Å². The van der Waals surface area contributed by atoms with Crippen LogP contribution in [0.25, 0.3) is 10.9 Å². The summed E-state index contributed by atoms with van der Waals surface area (Å²) < 4.78 is 11.0. The maximum Gasteiger partial charge on any atom is 0.270 e. The molecule has 5 rings (SSSR count). The molecule has 2 heterocycles. The summed E-state index contributed by atoms with van der Waals surface area (Å²) in [7, 11) is 3.22. The van der Waals surface area contributed by atoms with Crippen molar-refractivity contribution in [3.63, 3.8) is 0 Å². The van der Waals surface area contributed by atoms with Gasteiger partial charge in [-0.3, -0.25) is 10.1 Å². The molecular formula is C24H24N6O4. The molecule has 0 radical (unpaired) electrons. The Morgan fingerprint density at radius 1 is 1.03 bits per heavy atom. The summed E-state index contributed by atoms with van der Waals surface area (Å²) in [5, 5.41) is 21.5. The molecule has 1 saturated heterocycles. The van der Waals surface area contributed by atoms with Gasteiger partial charge in [0.05, 0.1) is 35.9 Å². The van der Waals surface area contributed by atoms with Crippen molar-refractivity contribution in [1.29, 1.82) is 5.26 Å². The second-order valence-electron chi connectivity index (χ2n) is 8.45. The third-order valence-corrected chi connectivity index (χ3v) is 6.37. The summed E-state index contributed by atoms with van der Waals surface area (Å²) in [5.41, 5.74) is 1.77. The molecule has 0 spiro atoms. The van der Waals surface area contributed by atoms with E-state index in [2.05, 4.69) is 15.9 Å². The fourth-order valence-corrected chi connectivity index (χ4v) is 4.38. The van der Waals surface area contributed by atoms with Crippen LogP contribution in [0.3, 0.4) is 0 Å². The highest BCUT2D eigenvalue weighted by Crippen LogP contribution is 2.42. The smallest absolute Gasteiger partial charge is 0.270 e. The molecule has 0 unspecified atom stereocenters. The fraction of sp³-hybridized carbons (Fsp3) is 0.375. The lowest BCUT2D eigenvalue weighted by Gasteiger charge is -2.37. The SMILES string of the molecule is COc1cc2nc(C3CC3)nc(N3CCN(c4ccc([N+](=O)[O-])cc4C#N)CC3)c2cc1OC. The van der Waals surface area contributed by atoms with Crippen LogP contribution in [0.1, 0.15) is 30.1 Å². The lowest BCUT2D eigenvalue weighted by molar-refractivity contribution is -0.384. The predicted octanol–water partition coefficient (Wildman–Crippen LogP) is 3.63. The van der Waals surface area contributed by atoms with Gasteiger partial charge in [0.25, 0.3) is 5.69 Å². The number of benzene rings is 2. The summed E-state index contributed by atoms with van der Waals surface area (Å²) in [6.45, 7) is 2.69. The highest BCUT2D eigenvalue weighted by molar-refractivity contribution is 5.92. The Bertz CT molecular complexity index is 1310. The number of aromatic nitrogens is 2. The normalized spacial score (nSPS) is 15.8. The van der Waals surface area contributed by atoms with E-state index in [0.29, 0.717) is 54.8 Å². The number of nitro benzene ring substituents is 1. The Morgan fingerprint density at radius 2 is 1.71 bits per heavy atom. The van der Waals surface area contributed by atoms with Gasteiger partial charge >= 0.3 is 0 Å². The standard InChI is InChI=1S/C24H24N6O4/c1-33-21-12-18-19(13-22(21)34-2)26-23(15-3-4-15)27-24(18)29-9-7-28(8-10-29)20-6-5-17(30(31)32)11-16(20)14-25/h5-6,11-13,15H,3-4,7-10H2,1-2H3. The van der Waals surface area contributed by atoms with Gasteiger partial charge in [-0.1, -0.05) is 0 Å². The molecule has 1 aromatic heterocycles. The third-order valence-electron chi connectivity index (χ3n) is 6.37. The molecule has 0 amide bonds. The minimum absolute atomic E-state index is 0.0802. The molecule has 0 atom stereocenters. The number of nitriles is 1. The number of fused-ring (bicyclic) bond motifs is 1. The summed E-state index contributed by atoms with van der Waals surface area (Å²) in [6, 6.07) is 10.4. The van der Waals surface area contributed by atoms with Crippen molar-refractivity contribution >= 4 is 28.1 Å². The van der Waals surface area contributed by atoms with Gasteiger partial charge in [-0.15, -0.1) is 0 Å². The molecule has 0 N–H and O–H groups in total. The Morgan fingerprint density at radius 3 is 2.32 bits per heavy atom. The van der Waals surface area contributed by atoms with Crippen LogP contribution in [0.15, 0.2) is 30.3 Å². The van der Waals surface area contributed by atoms with Crippen molar-refractivity contribution in [2.45, 2.75) is 18.8 Å². The van der Waals surface area contributed by atoms with Crippen molar-refractivity contribution in [3.8, 4) is 17.6 Å². The number of methoxy groups -OCH3 is 2. The van der Waals surface area contributed by atoms with Gasteiger partial charge in [0.2, 0.25) is 0 Å². The monoisotopic (exact) mass is 460 g/mol. The van der Waals surface area contributed by atoms with E-state index < -0.39 is 4.92 Å². The van der Waals surface area contributed by atoms with Gasteiger partial charge < -0.3 is 19.3 Å². The number of hydrogen-bond donors (Lipinski definition) is 0. The average molecular weight is 460 g/mol.